The maximum atomic E-state index is 13.2. The number of carbonyl (C=O) groups is 2. The molecule has 0 saturated heterocycles. The summed E-state index contributed by atoms with van der Waals surface area (Å²) < 4.78 is 27.6. The number of hydrogen-bond acceptors (Lipinski definition) is 9. The van der Waals surface area contributed by atoms with Crippen LogP contribution in [0.5, 0.6) is 5.75 Å². The van der Waals surface area contributed by atoms with E-state index in [-0.39, 0.29) is 63.3 Å². The number of thiol groups is 1. The number of benzene rings is 1. The molecule has 0 spiro atoms. The van der Waals surface area contributed by atoms with Gasteiger partial charge in [-0.3, -0.25) is 14.5 Å². The van der Waals surface area contributed by atoms with Crippen LogP contribution >= 0.6 is 46.1 Å². The summed E-state index contributed by atoms with van der Waals surface area (Å²) in [4.78, 5) is 32.1. The summed E-state index contributed by atoms with van der Waals surface area (Å²) in [7, 11) is -0.983. The van der Waals surface area contributed by atoms with Crippen LogP contribution in [0.25, 0.3) is 0 Å². The molecule has 0 aliphatic carbocycles. The summed E-state index contributed by atoms with van der Waals surface area (Å²) in [6.07, 6.45) is 1.37. The van der Waals surface area contributed by atoms with Gasteiger partial charge in [-0.15, -0.1) is 11.3 Å². The third kappa shape index (κ3) is 8.01. The molecule has 1 aromatic carbocycles. The van der Waals surface area contributed by atoms with Crippen LogP contribution in [0, 0.1) is 0 Å². The van der Waals surface area contributed by atoms with E-state index in [4.69, 9.17) is 45.3 Å². The largest absolute Gasteiger partial charge is 0.490 e. The zero-order valence-corrected chi connectivity index (χ0v) is 23.3. The molecule has 0 bridgehead atoms. The molecule has 198 valence electrons. The molecular weight excluding hydrogens is 585 g/mol. The highest BCUT2D eigenvalue weighted by Crippen LogP contribution is 2.35. The van der Waals surface area contributed by atoms with Crippen molar-refractivity contribution < 1.29 is 22.7 Å². The van der Waals surface area contributed by atoms with E-state index >= 15 is 0 Å². The number of carbonyl (C=O) groups excluding carboxylic acids is 2. The Morgan fingerprint density at radius 1 is 1.14 bits per heavy atom. The Kier molecular flexibility index (Phi) is 10.5. The van der Waals surface area contributed by atoms with Crippen LogP contribution in [0.4, 0.5) is 11.5 Å². The molecule has 2 heterocycles. The minimum Gasteiger partial charge on any atom is -0.490 e. The lowest BCUT2D eigenvalue weighted by Gasteiger charge is -2.17. The summed E-state index contributed by atoms with van der Waals surface area (Å²) in [5.74, 6) is -1.01. The average Bonchev–Trinajstić information content (AvgIpc) is 3.19. The van der Waals surface area contributed by atoms with Crippen molar-refractivity contribution in [2.75, 3.05) is 36.7 Å². The van der Waals surface area contributed by atoms with Crippen LogP contribution in [0.2, 0.25) is 15.1 Å². The number of halogens is 3. The first kappa shape index (κ1) is 29.1. The second-order valence-electron chi connectivity index (χ2n) is 7.63. The molecule has 3 rings (SSSR count). The molecule has 0 aliphatic rings. The first-order chi connectivity index (χ1) is 17.6. The van der Waals surface area contributed by atoms with Gasteiger partial charge in [0.25, 0.3) is 11.8 Å². The Morgan fingerprint density at radius 3 is 2.54 bits per heavy atom. The lowest BCUT2D eigenvalue weighted by atomic mass is 10.1. The van der Waals surface area contributed by atoms with Gasteiger partial charge in [0.2, 0.25) is 0 Å². The van der Waals surface area contributed by atoms with E-state index in [9.17, 15) is 18.0 Å². The maximum Gasteiger partial charge on any atom is 0.267 e. The van der Waals surface area contributed by atoms with Crippen molar-refractivity contribution in [1.82, 2.24) is 9.88 Å². The fourth-order valence-corrected chi connectivity index (χ4v) is 5.21. The molecule has 0 atom stereocenters. The number of rotatable bonds is 11. The lowest BCUT2D eigenvalue weighted by Crippen LogP contribution is -2.21. The normalized spacial score (nSPS) is 11.1. The average molecular weight is 607 g/mol. The Hall–Kier alpha value is -2.45. The summed E-state index contributed by atoms with van der Waals surface area (Å²) in [5.41, 5.74) is 6.21. The highest BCUT2D eigenvalue weighted by Gasteiger charge is 2.24. The van der Waals surface area contributed by atoms with E-state index in [0.29, 0.717) is 10.6 Å². The third-order valence-electron chi connectivity index (χ3n) is 4.70. The van der Waals surface area contributed by atoms with Crippen LogP contribution in [-0.2, 0) is 17.2 Å². The van der Waals surface area contributed by atoms with Gasteiger partial charge in [0.1, 0.15) is 23.1 Å². The molecule has 15 heteroatoms. The highest BCUT2D eigenvalue weighted by atomic mass is 35.5. The number of nitrogens with zero attached hydrogens (tertiary/aromatic N) is 2. The Bertz CT molecular complexity index is 1360. The van der Waals surface area contributed by atoms with E-state index in [1.165, 1.54) is 24.4 Å². The van der Waals surface area contributed by atoms with Gasteiger partial charge >= 0.3 is 0 Å². The van der Waals surface area contributed by atoms with Crippen molar-refractivity contribution >= 4 is 80.2 Å². The van der Waals surface area contributed by atoms with Gasteiger partial charge in [-0.1, -0.05) is 34.8 Å². The fourth-order valence-electron chi connectivity index (χ4n) is 3.15. The molecular formula is C22H22Cl3N5O5S2. The standard InChI is InChI=1S/C22H22Cl3N5O5S2/c1-30(11-37(33)34)9-12-10-36-20(18(12)25)22(32)29-19-15(6-14(24)7-16(19)35-5-4-26)21(31)28-17-3-2-13(23)8-27-17/h2-3,6-8,10,37H,4-5,9,11,26H2,1H3,(H,29,32)(H,27,28,31). The van der Waals surface area contributed by atoms with E-state index in [2.05, 4.69) is 15.6 Å². The number of hydrogen-bond donors (Lipinski definition) is 4. The maximum absolute atomic E-state index is 13.2. The van der Waals surface area contributed by atoms with Crippen molar-refractivity contribution in [1.29, 1.82) is 0 Å². The topological polar surface area (TPSA) is 144 Å². The number of pyridine rings is 1. The summed E-state index contributed by atoms with van der Waals surface area (Å²) in [6, 6.07) is 5.90. The van der Waals surface area contributed by atoms with Gasteiger partial charge in [0, 0.05) is 30.4 Å². The molecule has 4 N–H and O–H groups in total. The zero-order chi connectivity index (χ0) is 27.1. The fraction of sp³-hybridized carbons (Fsp3) is 0.227. The molecule has 0 radical (unpaired) electrons. The van der Waals surface area contributed by atoms with Gasteiger partial charge in [0.05, 0.1) is 27.2 Å². The number of ether oxygens (including phenoxy) is 1. The SMILES string of the molecule is CN(Cc1csc(C(=O)Nc2c(OCCN)cc(Cl)cc2C(=O)Nc2ccc(Cl)cn2)c1Cl)C[SH](=O)=O. The first-order valence-corrected chi connectivity index (χ1v) is 13.9. The quantitative estimate of drug-likeness (QED) is 0.240. The molecule has 2 amide bonds. The summed E-state index contributed by atoms with van der Waals surface area (Å²) in [6.45, 7) is 0.499. The van der Waals surface area contributed by atoms with Gasteiger partial charge < -0.3 is 21.1 Å². The molecule has 2 aromatic heterocycles. The van der Waals surface area contributed by atoms with Gasteiger partial charge in [-0.25, -0.2) is 13.4 Å². The van der Waals surface area contributed by atoms with Crippen molar-refractivity contribution in [3.05, 3.63) is 66.9 Å². The van der Waals surface area contributed by atoms with Crippen molar-refractivity contribution in [3.8, 4) is 5.75 Å². The molecule has 3 aromatic rings. The summed E-state index contributed by atoms with van der Waals surface area (Å²) in [5, 5.41) is 7.74. The number of thiophene rings is 1. The first-order valence-electron chi connectivity index (χ1n) is 10.6. The number of amides is 2. The summed E-state index contributed by atoms with van der Waals surface area (Å²) >= 11 is 19.6. The second kappa shape index (κ2) is 13.4. The predicted molar refractivity (Wildman–Crippen MR) is 147 cm³/mol. The van der Waals surface area contributed by atoms with Crippen molar-refractivity contribution in [2.45, 2.75) is 6.54 Å². The van der Waals surface area contributed by atoms with Crippen molar-refractivity contribution in [2.24, 2.45) is 5.73 Å². The van der Waals surface area contributed by atoms with E-state index < -0.39 is 22.5 Å². The molecule has 0 fully saturated rings. The van der Waals surface area contributed by atoms with Crippen LogP contribution in [0.15, 0.2) is 35.8 Å². The number of nitrogens with one attached hydrogen (secondary N) is 2. The van der Waals surface area contributed by atoms with Crippen molar-refractivity contribution in [3.63, 3.8) is 0 Å². The number of nitrogens with two attached hydrogens (primary N) is 1. The predicted octanol–water partition coefficient (Wildman–Crippen LogP) is 3.95. The zero-order valence-electron chi connectivity index (χ0n) is 19.3. The molecule has 10 nitrogen and oxygen atoms in total. The Balaban J connectivity index is 1.92. The minimum atomic E-state index is -2.60. The van der Waals surface area contributed by atoms with Gasteiger partial charge in [-0.2, -0.15) is 0 Å². The highest BCUT2D eigenvalue weighted by molar-refractivity contribution is 7.72. The minimum absolute atomic E-state index is 0.0107. The molecule has 37 heavy (non-hydrogen) atoms. The van der Waals surface area contributed by atoms with Crippen LogP contribution in [-0.4, -0.2) is 56.2 Å². The smallest absolute Gasteiger partial charge is 0.267 e. The van der Waals surface area contributed by atoms with Crippen LogP contribution in [0.1, 0.15) is 25.6 Å². The molecule has 0 saturated carbocycles. The second-order valence-corrected chi connectivity index (χ2v) is 10.7. The molecule has 0 aliphatic heterocycles. The van der Waals surface area contributed by atoms with E-state index in [1.807, 2.05) is 0 Å². The Morgan fingerprint density at radius 2 is 1.89 bits per heavy atom. The third-order valence-corrected chi connectivity index (χ3v) is 7.43. The van der Waals surface area contributed by atoms with Gasteiger partial charge in [0.15, 0.2) is 10.7 Å². The number of aromatic nitrogens is 1. The van der Waals surface area contributed by atoms with Gasteiger partial charge in [-0.05, 0) is 36.2 Å². The Labute approximate surface area is 233 Å². The monoisotopic (exact) mass is 605 g/mol. The van der Waals surface area contributed by atoms with E-state index in [1.54, 1.807) is 23.4 Å². The number of anilines is 2. The lowest BCUT2D eigenvalue weighted by molar-refractivity contribution is 0.102. The van der Waals surface area contributed by atoms with E-state index in [0.717, 1.165) is 11.3 Å². The molecule has 0 unspecified atom stereocenters. The van der Waals surface area contributed by atoms with Crippen LogP contribution in [0.3, 0.4) is 0 Å². The van der Waals surface area contributed by atoms with Crippen LogP contribution < -0.4 is 21.1 Å².